The number of hydrogen-bond donors (Lipinski definition) is 0. The van der Waals surface area contributed by atoms with Crippen LogP contribution >= 0.6 is 0 Å². The van der Waals surface area contributed by atoms with E-state index < -0.39 is 18.0 Å². The van der Waals surface area contributed by atoms with Crippen molar-refractivity contribution in [1.82, 2.24) is 0 Å². The van der Waals surface area contributed by atoms with Crippen LogP contribution in [0.3, 0.4) is 0 Å². The van der Waals surface area contributed by atoms with Crippen molar-refractivity contribution in [2.45, 2.75) is 20.0 Å². The maximum atomic E-state index is 10.8. The summed E-state index contributed by atoms with van der Waals surface area (Å²) < 4.78 is 8.86. The van der Waals surface area contributed by atoms with Crippen LogP contribution in [0.15, 0.2) is 0 Å². The number of rotatable bonds is 3. The minimum atomic E-state index is -0.948. The molecule has 0 aliphatic rings. The molecule has 0 aliphatic heterocycles. The second-order valence-electron chi connectivity index (χ2n) is 2.02. The Morgan fingerprint density at radius 2 is 2.17 bits per heavy atom. The molecule has 0 amide bonds. The van der Waals surface area contributed by atoms with Gasteiger partial charge in [-0.05, 0) is 6.92 Å². The molecule has 0 aromatic rings. The zero-order chi connectivity index (χ0) is 9.56. The van der Waals surface area contributed by atoms with Crippen molar-refractivity contribution in [3.63, 3.8) is 0 Å². The molecule has 0 radical (unpaired) electrons. The molecule has 1 atom stereocenters. The number of ether oxygens (including phenoxy) is 2. The first-order valence-corrected chi connectivity index (χ1v) is 3.28. The summed E-state index contributed by atoms with van der Waals surface area (Å²) in [6.45, 7) is 2.24. The second-order valence-corrected chi connectivity index (χ2v) is 2.02. The number of nitriles is 1. The van der Waals surface area contributed by atoms with Gasteiger partial charge in [0, 0.05) is 6.92 Å². The summed E-state index contributed by atoms with van der Waals surface area (Å²) in [5.74, 6) is -1.27. The fraction of sp³-hybridized carbons (Fsp3) is 0.571. The first-order chi connectivity index (χ1) is 5.57. The highest BCUT2D eigenvalue weighted by molar-refractivity contribution is 5.78. The van der Waals surface area contributed by atoms with E-state index in [1.165, 1.54) is 13.8 Å². The summed E-state index contributed by atoms with van der Waals surface area (Å²) in [7, 11) is 0. The Hall–Kier alpha value is -1.57. The molecule has 1 unspecified atom stereocenters. The lowest BCUT2D eigenvalue weighted by Gasteiger charge is -2.08. The van der Waals surface area contributed by atoms with Crippen molar-refractivity contribution in [2.75, 3.05) is 6.61 Å². The largest absolute Gasteiger partial charge is 0.451 e. The van der Waals surface area contributed by atoms with Crippen LogP contribution in [-0.4, -0.2) is 24.6 Å². The molecule has 0 saturated carbocycles. The summed E-state index contributed by atoms with van der Waals surface area (Å²) in [6.07, 6.45) is -0.948. The zero-order valence-electron chi connectivity index (χ0n) is 6.86. The molecule has 0 bridgehead atoms. The summed E-state index contributed by atoms with van der Waals surface area (Å²) in [5.41, 5.74) is 0. The molecular formula is C7H9NO4. The average molecular weight is 171 g/mol. The van der Waals surface area contributed by atoms with Crippen molar-refractivity contribution in [1.29, 1.82) is 5.26 Å². The van der Waals surface area contributed by atoms with Gasteiger partial charge in [-0.15, -0.1) is 0 Å². The smallest absolute Gasteiger partial charge is 0.348 e. The van der Waals surface area contributed by atoms with Crippen molar-refractivity contribution >= 4 is 11.9 Å². The molecule has 12 heavy (non-hydrogen) atoms. The monoisotopic (exact) mass is 171 g/mol. The highest BCUT2D eigenvalue weighted by Crippen LogP contribution is 1.94. The zero-order valence-corrected chi connectivity index (χ0v) is 6.86. The molecule has 0 spiro atoms. The van der Waals surface area contributed by atoms with Gasteiger partial charge in [-0.2, -0.15) is 5.26 Å². The lowest BCUT2D eigenvalue weighted by Crippen LogP contribution is -2.25. The van der Waals surface area contributed by atoms with Crippen LogP contribution in [0.5, 0.6) is 0 Å². The fourth-order valence-electron chi connectivity index (χ4n) is 0.518. The molecule has 0 heterocycles. The molecule has 0 aliphatic carbocycles. The van der Waals surface area contributed by atoms with Crippen molar-refractivity contribution in [3.05, 3.63) is 0 Å². The van der Waals surface area contributed by atoms with Gasteiger partial charge in [0.25, 0.3) is 0 Å². The van der Waals surface area contributed by atoms with Crippen LogP contribution in [-0.2, 0) is 19.1 Å². The minimum absolute atomic E-state index is 0.329. The van der Waals surface area contributed by atoms with Crippen molar-refractivity contribution < 1.29 is 19.1 Å². The predicted molar refractivity (Wildman–Crippen MR) is 37.8 cm³/mol. The summed E-state index contributed by atoms with van der Waals surface area (Å²) in [5, 5.41) is 8.04. The third-order valence-corrected chi connectivity index (χ3v) is 0.954. The third-order valence-electron chi connectivity index (χ3n) is 0.954. The topological polar surface area (TPSA) is 76.4 Å². The highest BCUT2D eigenvalue weighted by atomic mass is 16.6. The summed E-state index contributed by atoms with van der Waals surface area (Å²) in [6, 6.07) is 1.62. The van der Waals surface area contributed by atoms with Crippen LogP contribution in [0.4, 0.5) is 0 Å². The third kappa shape index (κ3) is 4.28. The number of esters is 2. The Balaban J connectivity index is 3.78. The first kappa shape index (κ1) is 10.4. The van der Waals surface area contributed by atoms with Gasteiger partial charge >= 0.3 is 11.9 Å². The van der Waals surface area contributed by atoms with E-state index in [9.17, 15) is 9.59 Å². The van der Waals surface area contributed by atoms with Gasteiger partial charge in [0.2, 0.25) is 0 Å². The van der Waals surface area contributed by atoms with Gasteiger partial charge in [0.1, 0.15) is 6.07 Å². The van der Waals surface area contributed by atoms with Crippen LogP contribution in [0.1, 0.15) is 13.8 Å². The van der Waals surface area contributed by atoms with E-state index >= 15 is 0 Å². The standard InChI is InChI=1S/C7H9NO4/c1-5(12-6(2)9)7(10)11-4-3-8/h5H,4H2,1-2H3. The van der Waals surface area contributed by atoms with E-state index in [0.717, 1.165) is 0 Å². The Morgan fingerprint density at radius 1 is 1.58 bits per heavy atom. The Bertz CT molecular complexity index is 218. The number of nitrogens with zero attached hydrogens (tertiary/aromatic N) is 1. The maximum absolute atomic E-state index is 10.8. The second kappa shape index (κ2) is 5.13. The quantitative estimate of drug-likeness (QED) is 0.559. The van der Waals surface area contributed by atoms with Crippen molar-refractivity contribution in [3.8, 4) is 6.07 Å². The van der Waals surface area contributed by atoms with Gasteiger partial charge in [-0.3, -0.25) is 4.79 Å². The van der Waals surface area contributed by atoms with Gasteiger partial charge < -0.3 is 9.47 Å². The Kier molecular flexibility index (Phi) is 4.46. The molecular weight excluding hydrogens is 162 g/mol. The summed E-state index contributed by atoms with van der Waals surface area (Å²) >= 11 is 0. The van der Waals surface area contributed by atoms with Crippen molar-refractivity contribution in [2.24, 2.45) is 0 Å². The number of carbonyl (C=O) groups is 2. The van der Waals surface area contributed by atoms with Crippen LogP contribution in [0, 0.1) is 11.3 Å². The molecule has 0 saturated heterocycles. The predicted octanol–water partition coefficient (Wildman–Crippen LogP) is 0.00478. The lowest BCUT2D eigenvalue weighted by molar-refractivity contribution is -0.164. The molecule has 0 aromatic carbocycles. The van der Waals surface area contributed by atoms with Crippen LogP contribution < -0.4 is 0 Å². The van der Waals surface area contributed by atoms with E-state index in [4.69, 9.17) is 5.26 Å². The maximum Gasteiger partial charge on any atom is 0.348 e. The minimum Gasteiger partial charge on any atom is -0.451 e. The molecule has 0 fully saturated rings. The van der Waals surface area contributed by atoms with E-state index in [2.05, 4.69) is 9.47 Å². The highest BCUT2D eigenvalue weighted by Gasteiger charge is 2.16. The molecule has 66 valence electrons. The number of carbonyl (C=O) groups excluding carboxylic acids is 2. The fourth-order valence-corrected chi connectivity index (χ4v) is 0.518. The average Bonchev–Trinajstić information content (AvgIpc) is 1.98. The lowest BCUT2D eigenvalue weighted by atomic mass is 10.4. The van der Waals surface area contributed by atoms with Crippen LogP contribution in [0.25, 0.3) is 0 Å². The van der Waals surface area contributed by atoms with Gasteiger partial charge in [-0.1, -0.05) is 0 Å². The first-order valence-electron chi connectivity index (χ1n) is 3.28. The molecule has 5 nitrogen and oxygen atoms in total. The van der Waals surface area contributed by atoms with E-state index in [1.54, 1.807) is 6.07 Å². The number of hydrogen-bond acceptors (Lipinski definition) is 5. The molecule has 0 rings (SSSR count). The van der Waals surface area contributed by atoms with Gasteiger partial charge in [-0.25, -0.2) is 4.79 Å². The summed E-state index contributed by atoms with van der Waals surface area (Å²) in [4.78, 5) is 21.1. The molecule has 5 heteroatoms. The Morgan fingerprint density at radius 3 is 2.58 bits per heavy atom. The van der Waals surface area contributed by atoms with Crippen LogP contribution in [0.2, 0.25) is 0 Å². The normalized spacial score (nSPS) is 11.1. The van der Waals surface area contributed by atoms with E-state index in [1.807, 2.05) is 0 Å². The molecule has 0 aromatic heterocycles. The SMILES string of the molecule is CC(=O)OC(C)C(=O)OCC#N. The van der Waals surface area contributed by atoms with E-state index in [0.29, 0.717) is 0 Å². The van der Waals surface area contributed by atoms with Gasteiger partial charge in [0.05, 0.1) is 0 Å². The Labute approximate surface area is 69.9 Å². The van der Waals surface area contributed by atoms with E-state index in [-0.39, 0.29) is 6.61 Å². The molecule has 0 N–H and O–H groups in total. The van der Waals surface area contributed by atoms with Gasteiger partial charge in [0.15, 0.2) is 12.7 Å².